The second-order valence-corrected chi connectivity index (χ2v) is 10.3. The van der Waals surface area contributed by atoms with E-state index in [0.717, 1.165) is 10.8 Å². The van der Waals surface area contributed by atoms with Gasteiger partial charge in [0.2, 0.25) is 0 Å². The van der Waals surface area contributed by atoms with Gasteiger partial charge in [0.1, 0.15) is 11.2 Å². The summed E-state index contributed by atoms with van der Waals surface area (Å²) in [6, 6.07) is 14.9. The van der Waals surface area contributed by atoms with Crippen LogP contribution in [0.25, 0.3) is 67.2 Å². The van der Waals surface area contributed by atoms with Crippen LogP contribution < -0.4 is 0 Å². The Labute approximate surface area is 271 Å². The molecule has 4 nitrogen and oxygen atoms in total. The number of furan rings is 1. The van der Waals surface area contributed by atoms with Crippen molar-refractivity contribution in [3.8, 4) is 45.3 Å². The van der Waals surface area contributed by atoms with Crippen molar-refractivity contribution in [1.29, 1.82) is 0 Å². The van der Waals surface area contributed by atoms with Crippen LogP contribution in [0.3, 0.4) is 0 Å². The molecule has 4 heteroatoms. The number of para-hydroxylation sites is 1. The molecule has 1 aliphatic rings. The summed E-state index contributed by atoms with van der Waals surface area (Å²) in [6.45, 7) is 0. The van der Waals surface area contributed by atoms with Gasteiger partial charge >= 0.3 is 0 Å². The standard InChI is InChI=1S/C40H25N3O/c1-2-11-25(12-3-1)38-41-39(43-40(42-38)28-21-22-32-31-17-8-9-20-35(31)44-36(32)24-28)27-14-10-13-26(23-27)37-33-18-6-4-15-29(33)30-16-5-7-19-34(30)37/h1-24,37H/i4D,5D,6D,7D,10D,13D,14D,15D,16D,18D,19D,23D. The normalized spacial score (nSPS) is 16.3. The van der Waals surface area contributed by atoms with Crippen molar-refractivity contribution in [3.63, 3.8) is 0 Å². The molecule has 0 radical (unpaired) electrons. The second-order valence-electron chi connectivity index (χ2n) is 10.3. The highest BCUT2D eigenvalue weighted by Gasteiger charge is 2.29. The molecule has 206 valence electrons. The van der Waals surface area contributed by atoms with Crippen molar-refractivity contribution in [2.24, 2.45) is 0 Å². The third-order valence-corrected chi connectivity index (χ3v) is 7.72. The maximum absolute atomic E-state index is 9.65. The van der Waals surface area contributed by atoms with E-state index in [-0.39, 0.29) is 50.9 Å². The maximum Gasteiger partial charge on any atom is 0.164 e. The van der Waals surface area contributed by atoms with Gasteiger partial charge in [0.05, 0.1) is 16.4 Å². The minimum Gasteiger partial charge on any atom is -0.456 e. The molecule has 0 unspecified atom stereocenters. The third-order valence-electron chi connectivity index (χ3n) is 7.72. The molecule has 2 heterocycles. The summed E-state index contributed by atoms with van der Waals surface area (Å²) in [7, 11) is 0. The zero-order valence-electron chi connectivity index (χ0n) is 34.8. The number of benzene rings is 6. The van der Waals surface area contributed by atoms with Crippen molar-refractivity contribution in [2.45, 2.75) is 5.92 Å². The number of rotatable bonds is 4. The Bertz CT molecular complexity index is 2950. The van der Waals surface area contributed by atoms with Gasteiger partial charge in [0.25, 0.3) is 0 Å². The van der Waals surface area contributed by atoms with Gasteiger partial charge in [0.15, 0.2) is 17.5 Å². The molecule has 6 aromatic carbocycles. The molecule has 0 spiro atoms. The van der Waals surface area contributed by atoms with Crippen LogP contribution >= 0.6 is 0 Å². The molecule has 44 heavy (non-hydrogen) atoms. The molecule has 0 saturated carbocycles. The highest BCUT2D eigenvalue weighted by atomic mass is 16.3. The minimum absolute atomic E-state index is 0.151. The summed E-state index contributed by atoms with van der Waals surface area (Å²) in [4.78, 5) is 14.2. The number of fused-ring (bicyclic) bond motifs is 6. The van der Waals surface area contributed by atoms with E-state index in [1.54, 1.807) is 30.3 Å². The Kier molecular flexibility index (Phi) is 3.48. The van der Waals surface area contributed by atoms with Crippen molar-refractivity contribution >= 4 is 21.9 Å². The topological polar surface area (TPSA) is 51.8 Å². The van der Waals surface area contributed by atoms with E-state index >= 15 is 0 Å². The molecule has 9 rings (SSSR count). The Balaban J connectivity index is 1.34. The van der Waals surface area contributed by atoms with Gasteiger partial charge in [0, 0.05) is 33.4 Å². The Hall–Kier alpha value is -5.87. The van der Waals surface area contributed by atoms with Crippen LogP contribution in [0, 0.1) is 0 Å². The van der Waals surface area contributed by atoms with Crippen molar-refractivity contribution in [2.75, 3.05) is 0 Å². The quantitative estimate of drug-likeness (QED) is 0.210. The zero-order valence-corrected chi connectivity index (χ0v) is 22.8. The fraction of sp³-hybridized carbons (Fsp3) is 0.0250. The van der Waals surface area contributed by atoms with E-state index in [0.29, 0.717) is 22.3 Å². The highest BCUT2D eigenvalue weighted by Crippen LogP contribution is 2.48. The summed E-state index contributed by atoms with van der Waals surface area (Å²) in [5, 5.41) is 1.79. The molecule has 1 aliphatic carbocycles. The molecule has 0 saturated heterocycles. The third kappa shape index (κ3) is 3.96. The first-order valence-corrected chi connectivity index (χ1v) is 13.8. The molecule has 0 aliphatic heterocycles. The van der Waals surface area contributed by atoms with E-state index in [9.17, 15) is 1.37 Å². The smallest absolute Gasteiger partial charge is 0.164 e. The number of hydrogen-bond donors (Lipinski definition) is 0. The van der Waals surface area contributed by atoms with Crippen LogP contribution in [-0.4, -0.2) is 15.0 Å². The van der Waals surface area contributed by atoms with Crippen molar-refractivity contribution in [3.05, 3.63) is 162 Å². The SMILES string of the molecule is [2H]c1c([2H])c([2H])c2c(c1[2H])-c1c([2H])c([2H])c([2H])c([2H])c1C2c1c([2H])c([2H])c([2H])c(-c2nc(-c3ccccc3)nc(-c3ccc4c(c3)oc3ccccc34)n2)c1[2H]. The first kappa shape index (κ1) is 15.6. The van der Waals surface area contributed by atoms with Crippen LogP contribution in [0.5, 0.6) is 0 Å². The summed E-state index contributed by atoms with van der Waals surface area (Å²) in [5.74, 6) is -1.38. The maximum atomic E-state index is 9.65. The molecule has 8 aromatic rings. The molecule has 0 bridgehead atoms. The first-order valence-electron chi connectivity index (χ1n) is 19.8. The Morgan fingerprint density at radius 3 is 1.93 bits per heavy atom. The lowest BCUT2D eigenvalue weighted by Gasteiger charge is -2.16. The van der Waals surface area contributed by atoms with Crippen molar-refractivity contribution in [1.82, 2.24) is 15.0 Å². The molecule has 0 amide bonds. The zero-order chi connectivity index (χ0) is 39.5. The predicted octanol–water partition coefficient (Wildman–Crippen LogP) is 9.93. The lowest BCUT2D eigenvalue weighted by molar-refractivity contribution is 0.669. The first-order chi connectivity index (χ1) is 26.8. The fourth-order valence-electron chi connectivity index (χ4n) is 5.72. The fourth-order valence-corrected chi connectivity index (χ4v) is 5.72. The number of hydrogen-bond acceptors (Lipinski definition) is 4. The van der Waals surface area contributed by atoms with Crippen LogP contribution in [0.2, 0.25) is 0 Å². The average molecular weight is 576 g/mol. The van der Waals surface area contributed by atoms with E-state index in [2.05, 4.69) is 4.98 Å². The summed E-state index contributed by atoms with van der Waals surface area (Å²) < 4.78 is 112. The Morgan fingerprint density at radius 2 is 1.16 bits per heavy atom. The largest absolute Gasteiger partial charge is 0.456 e. The van der Waals surface area contributed by atoms with Crippen molar-refractivity contribution < 1.29 is 20.9 Å². The summed E-state index contributed by atoms with van der Waals surface area (Å²) in [5.41, 5.74) is 1.09. The van der Waals surface area contributed by atoms with Gasteiger partial charge in [-0.1, -0.05) is 121 Å². The highest BCUT2D eigenvalue weighted by molar-refractivity contribution is 6.05. The molecule has 0 atom stereocenters. The van der Waals surface area contributed by atoms with E-state index in [1.165, 1.54) is 0 Å². The van der Waals surface area contributed by atoms with E-state index in [1.807, 2.05) is 42.5 Å². The molecular formula is C40H25N3O. The number of nitrogens with zero attached hydrogens (tertiary/aromatic N) is 3. The van der Waals surface area contributed by atoms with Gasteiger partial charge in [-0.25, -0.2) is 15.0 Å². The summed E-state index contributed by atoms with van der Waals surface area (Å²) >= 11 is 0. The predicted molar refractivity (Wildman–Crippen MR) is 176 cm³/mol. The average Bonchev–Trinajstić information content (AvgIpc) is 3.76. The lowest BCUT2D eigenvalue weighted by atomic mass is 9.88. The van der Waals surface area contributed by atoms with Gasteiger partial charge in [-0.05, 0) is 52.1 Å². The van der Waals surface area contributed by atoms with Gasteiger partial charge in [-0.15, -0.1) is 0 Å². The number of aromatic nitrogens is 3. The minimum atomic E-state index is -1.52. The van der Waals surface area contributed by atoms with Gasteiger partial charge in [-0.2, -0.15) is 0 Å². The van der Waals surface area contributed by atoms with Crippen LogP contribution in [0.4, 0.5) is 0 Å². The van der Waals surface area contributed by atoms with E-state index in [4.69, 9.17) is 29.5 Å². The lowest BCUT2D eigenvalue weighted by Crippen LogP contribution is -2.02. The monoisotopic (exact) mass is 575 g/mol. The molecular weight excluding hydrogens is 538 g/mol. The molecule has 2 aromatic heterocycles. The van der Waals surface area contributed by atoms with Crippen LogP contribution in [0.1, 0.15) is 39.1 Å². The Morgan fingerprint density at radius 1 is 0.523 bits per heavy atom. The second kappa shape index (κ2) is 9.85. The molecule has 0 fully saturated rings. The van der Waals surface area contributed by atoms with Gasteiger partial charge in [-0.3, -0.25) is 0 Å². The van der Waals surface area contributed by atoms with Crippen LogP contribution in [0.15, 0.2) is 150 Å². The molecule has 0 N–H and O–H groups in total. The summed E-state index contributed by atoms with van der Waals surface area (Å²) in [6.07, 6.45) is 0. The van der Waals surface area contributed by atoms with Gasteiger partial charge < -0.3 is 4.42 Å². The van der Waals surface area contributed by atoms with E-state index < -0.39 is 78.4 Å². The van der Waals surface area contributed by atoms with Crippen LogP contribution in [-0.2, 0) is 0 Å².